The van der Waals surface area contributed by atoms with Crippen molar-refractivity contribution in [2.75, 3.05) is 19.7 Å². The number of carbonyl (C=O) groups is 2. The van der Waals surface area contributed by atoms with Crippen LogP contribution in [-0.4, -0.2) is 37.6 Å². The second-order valence-electron chi connectivity index (χ2n) is 7.01. The lowest BCUT2D eigenvalue weighted by Crippen LogP contribution is -2.30. The Hall–Kier alpha value is -1.92. The number of ether oxygens (including phenoxy) is 1. The van der Waals surface area contributed by atoms with Crippen LogP contribution in [0.1, 0.15) is 57.7 Å². The van der Waals surface area contributed by atoms with Crippen molar-refractivity contribution in [2.24, 2.45) is 0 Å². The number of hydrogen-bond acceptors (Lipinski definition) is 4. The zero-order chi connectivity index (χ0) is 17.9. The predicted octanol–water partition coefficient (Wildman–Crippen LogP) is 3.27. The van der Waals surface area contributed by atoms with E-state index in [0.29, 0.717) is 31.4 Å². The van der Waals surface area contributed by atoms with Gasteiger partial charge in [-0.1, -0.05) is 12.8 Å². The topological polar surface area (TPSA) is 67.4 Å². The Bertz CT molecular complexity index is 824. The van der Waals surface area contributed by atoms with Crippen molar-refractivity contribution in [1.82, 2.24) is 10.6 Å². The molecule has 2 aliphatic rings. The van der Waals surface area contributed by atoms with E-state index in [1.165, 1.54) is 37.0 Å². The van der Waals surface area contributed by atoms with E-state index >= 15 is 0 Å². The first-order valence-electron chi connectivity index (χ1n) is 9.46. The highest BCUT2D eigenvalue weighted by molar-refractivity contribution is 7.21. The molecule has 2 aromatic rings. The predicted molar refractivity (Wildman–Crippen MR) is 103 cm³/mol. The van der Waals surface area contributed by atoms with Crippen molar-refractivity contribution >= 4 is 33.2 Å². The van der Waals surface area contributed by atoms with Gasteiger partial charge in [0.25, 0.3) is 11.8 Å². The smallest absolute Gasteiger partial charge is 0.261 e. The van der Waals surface area contributed by atoms with E-state index < -0.39 is 0 Å². The Morgan fingerprint density at radius 2 is 2.15 bits per heavy atom. The Kier molecular flexibility index (Phi) is 5.22. The lowest BCUT2D eigenvalue weighted by molar-refractivity contribution is 0.0565. The molecular formula is C20H24N2O3S. The first-order chi connectivity index (χ1) is 12.7. The standard InChI is InChI=1S/C20H24N2O3S/c23-19(21-9-3-11-25-14-4-1-2-5-14)13-6-7-17-16(12-13)15-8-10-22-20(24)18(15)26-17/h6-7,12,14H,1-5,8-11H2,(H,21,23)(H,22,24). The van der Waals surface area contributed by atoms with Gasteiger partial charge in [0.15, 0.2) is 0 Å². The SMILES string of the molecule is O=C(NCCCOC1CCCC1)c1ccc2sc3c(c2c1)CCNC3=O. The van der Waals surface area contributed by atoms with E-state index in [4.69, 9.17) is 4.74 Å². The molecule has 0 unspecified atom stereocenters. The summed E-state index contributed by atoms with van der Waals surface area (Å²) in [7, 11) is 0. The van der Waals surface area contributed by atoms with Crippen LogP contribution in [0.4, 0.5) is 0 Å². The Morgan fingerprint density at radius 3 is 3.00 bits per heavy atom. The second kappa shape index (κ2) is 7.76. The van der Waals surface area contributed by atoms with Gasteiger partial charge in [-0.25, -0.2) is 0 Å². The van der Waals surface area contributed by atoms with E-state index in [1.807, 2.05) is 18.2 Å². The second-order valence-corrected chi connectivity index (χ2v) is 8.07. The quantitative estimate of drug-likeness (QED) is 0.765. The fourth-order valence-electron chi connectivity index (χ4n) is 3.78. The Morgan fingerprint density at radius 1 is 1.31 bits per heavy atom. The third-order valence-electron chi connectivity index (χ3n) is 5.18. The minimum absolute atomic E-state index is 0.000661. The minimum atomic E-state index is -0.0621. The van der Waals surface area contributed by atoms with E-state index in [2.05, 4.69) is 10.6 Å². The van der Waals surface area contributed by atoms with Gasteiger partial charge in [-0.2, -0.15) is 0 Å². The van der Waals surface area contributed by atoms with E-state index in [0.717, 1.165) is 33.4 Å². The van der Waals surface area contributed by atoms with Gasteiger partial charge >= 0.3 is 0 Å². The lowest BCUT2D eigenvalue weighted by atomic mass is 10.0. The normalized spacial score (nSPS) is 17.3. The molecule has 1 saturated carbocycles. The van der Waals surface area contributed by atoms with Crippen molar-refractivity contribution in [3.05, 3.63) is 34.2 Å². The number of hydrogen-bond donors (Lipinski definition) is 2. The van der Waals surface area contributed by atoms with E-state index in [9.17, 15) is 9.59 Å². The first kappa shape index (κ1) is 17.5. The van der Waals surface area contributed by atoms with Crippen molar-refractivity contribution in [3.8, 4) is 0 Å². The van der Waals surface area contributed by atoms with Crippen LogP contribution in [0.2, 0.25) is 0 Å². The fraction of sp³-hybridized carbons (Fsp3) is 0.500. The molecule has 1 aliphatic carbocycles. The number of amides is 2. The van der Waals surface area contributed by atoms with Crippen LogP contribution in [-0.2, 0) is 11.2 Å². The molecule has 0 saturated heterocycles. The average molecular weight is 372 g/mol. The zero-order valence-corrected chi connectivity index (χ0v) is 15.6. The highest BCUT2D eigenvalue weighted by Crippen LogP contribution is 2.33. The maximum Gasteiger partial charge on any atom is 0.261 e. The molecule has 0 bridgehead atoms. The van der Waals surface area contributed by atoms with Crippen LogP contribution in [0.25, 0.3) is 10.1 Å². The van der Waals surface area contributed by atoms with Crippen molar-refractivity contribution in [3.63, 3.8) is 0 Å². The van der Waals surface area contributed by atoms with Gasteiger partial charge in [-0.3, -0.25) is 9.59 Å². The summed E-state index contributed by atoms with van der Waals surface area (Å²) in [4.78, 5) is 25.2. The van der Waals surface area contributed by atoms with Gasteiger partial charge in [0.2, 0.25) is 0 Å². The van der Waals surface area contributed by atoms with Crippen LogP contribution in [0.5, 0.6) is 0 Å². The van der Waals surface area contributed by atoms with Crippen molar-refractivity contribution in [2.45, 2.75) is 44.6 Å². The summed E-state index contributed by atoms with van der Waals surface area (Å²) in [5.41, 5.74) is 1.73. The van der Waals surface area contributed by atoms with E-state index in [-0.39, 0.29) is 11.8 Å². The van der Waals surface area contributed by atoms with Crippen LogP contribution in [0.3, 0.4) is 0 Å². The molecule has 5 nitrogen and oxygen atoms in total. The largest absolute Gasteiger partial charge is 0.378 e. The molecule has 6 heteroatoms. The van der Waals surface area contributed by atoms with Gasteiger partial charge in [0.05, 0.1) is 11.0 Å². The number of carbonyl (C=O) groups excluding carboxylic acids is 2. The first-order valence-corrected chi connectivity index (χ1v) is 10.3. The van der Waals surface area contributed by atoms with Gasteiger partial charge < -0.3 is 15.4 Å². The molecule has 2 heterocycles. The summed E-state index contributed by atoms with van der Waals surface area (Å²) in [5, 5.41) is 6.89. The Labute approximate surface area is 157 Å². The molecule has 1 aromatic carbocycles. The maximum atomic E-state index is 12.4. The monoisotopic (exact) mass is 372 g/mol. The number of thiophene rings is 1. The van der Waals surface area contributed by atoms with Crippen LogP contribution in [0, 0.1) is 0 Å². The van der Waals surface area contributed by atoms with Crippen molar-refractivity contribution < 1.29 is 14.3 Å². The zero-order valence-electron chi connectivity index (χ0n) is 14.8. The molecule has 1 fully saturated rings. The van der Waals surface area contributed by atoms with Gasteiger partial charge in [0.1, 0.15) is 0 Å². The number of fused-ring (bicyclic) bond motifs is 3. The number of benzene rings is 1. The molecule has 2 N–H and O–H groups in total. The molecule has 1 aromatic heterocycles. The molecular weight excluding hydrogens is 348 g/mol. The van der Waals surface area contributed by atoms with Gasteiger partial charge in [-0.15, -0.1) is 11.3 Å². The molecule has 26 heavy (non-hydrogen) atoms. The number of nitrogens with one attached hydrogen (secondary N) is 2. The summed E-state index contributed by atoms with van der Waals surface area (Å²) >= 11 is 1.50. The molecule has 1 aliphatic heterocycles. The number of rotatable bonds is 6. The molecule has 138 valence electrons. The average Bonchev–Trinajstić information content (AvgIpc) is 3.29. The summed E-state index contributed by atoms with van der Waals surface area (Å²) in [5.74, 6) is -0.0614. The lowest BCUT2D eigenvalue weighted by Gasteiger charge is -2.12. The molecule has 0 radical (unpaired) electrons. The summed E-state index contributed by atoms with van der Waals surface area (Å²) in [6, 6.07) is 5.71. The summed E-state index contributed by atoms with van der Waals surface area (Å²) in [6.45, 7) is 1.99. The van der Waals surface area contributed by atoms with E-state index in [1.54, 1.807) is 0 Å². The van der Waals surface area contributed by atoms with Gasteiger partial charge in [-0.05, 0) is 54.8 Å². The molecule has 4 rings (SSSR count). The fourth-order valence-corrected chi connectivity index (χ4v) is 4.93. The third-order valence-corrected chi connectivity index (χ3v) is 6.39. The molecule has 2 amide bonds. The maximum absolute atomic E-state index is 12.4. The highest BCUT2D eigenvalue weighted by Gasteiger charge is 2.22. The highest BCUT2D eigenvalue weighted by atomic mass is 32.1. The molecule has 0 atom stereocenters. The summed E-state index contributed by atoms with van der Waals surface area (Å²) in [6.07, 6.45) is 6.99. The van der Waals surface area contributed by atoms with Crippen molar-refractivity contribution in [1.29, 1.82) is 0 Å². The van der Waals surface area contributed by atoms with Crippen LogP contribution < -0.4 is 10.6 Å². The molecule has 0 spiro atoms. The van der Waals surface area contributed by atoms with Crippen LogP contribution in [0.15, 0.2) is 18.2 Å². The van der Waals surface area contributed by atoms with Gasteiger partial charge in [0, 0.05) is 30.0 Å². The van der Waals surface area contributed by atoms with Crippen LogP contribution >= 0.6 is 11.3 Å². The summed E-state index contributed by atoms with van der Waals surface area (Å²) < 4.78 is 6.89. The Balaban J connectivity index is 1.35. The third kappa shape index (κ3) is 3.62. The minimum Gasteiger partial charge on any atom is -0.378 e.